The highest BCUT2D eigenvalue weighted by Gasteiger charge is 2.26. The topological polar surface area (TPSA) is 45.1 Å². The van der Waals surface area contributed by atoms with Crippen LogP contribution in [0.3, 0.4) is 0 Å². The molecule has 1 aromatic heterocycles. The molecule has 2 atom stereocenters. The van der Waals surface area contributed by atoms with Gasteiger partial charge < -0.3 is 10.4 Å². The lowest BCUT2D eigenvalue weighted by Crippen LogP contribution is -2.42. The molecule has 0 spiro atoms. The summed E-state index contributed by atoms with van der Waals surface area (Å²) < 4.78 is 0. The molecule has 2 rings (SSSR count). The highest BCUT2D eigenvalue weighted by Crippen LogP contribution is 2.30. The summed E-state index contributed by atoms with van der Waals surface area (Å²) >= 11 is 1.85. The van der Waals surface area contributed by atoms with Gasteiger partial charge in [0.05, 0.1) is 17.3 Å². The van der Waals surface area contributed by atoms with Crippen molar-refractivity contribution >= 4 is 11.3 Å². The first kappa shape index (κ1) is 14.9. The van der Waals surface area contributed by atoms with Crippen LogP contribution in [0.1, 0.15) is 62.2 Å². The average Bonchev–Trinajstić information content (AvgIpc) is 2.79. The summed E-state index contributed by atoms with van der Waals surface area (Å²) in [4.78, 5) is 6.25. The van der Waals surface area contributed by atoms with E-state index in [0.717, 1.165) is 6.42 Å². The van der Waals surface area contributed by atoms with Crippen molar-refractivity contribution in [1.82, 2.24) is 10.3 Å². The molecule has 0 aromatic carbocycles. The van der Waals surface area contributed by atoms with Gasteiger partial charge in [0.1, 0.15) is 5.01 Å². The van der Waals surface area contributed by atoms with Crippen LogP contribution in [0.15, 0.2) is 0 Å². The number of nitrogens with zero attached hydrogens (tertiary/aromatic N) is 1. The molecule has 0 fully saturated rings. The third-order valence-electron chi connectivity index (χ3n) is 4.24. The quantitative estimate of drug-likeness (QED) is 0.872. The van der Waals surface area contributed by atoms with Crippen molar-refractivity contribution in [1.29, 1.82) is 0 Å². The molecule has 1 heterocycles. The summed E-state index contributed by atoms with van der Waals surface area (Å²) in [6.45, 7) is 8.74. The van der Waals surface area contributed by atoms with Gasteiger partial charge in [-0.25, -0.2) is 4.98 Å². The van der Waals surface area contributed by atoms with E-state index in [0.29, 0.717) is 6.54 Å². The molecule has 0 aliphatic heterocycles. The fourth-order valence-electron chi connectivity index (χ4n) is 2.21. The van der Waals surface area contributed by atoms with Gasteiger partial charge in [-0.3, -0.25) is 0 Å². The number of fused-ring (bicyclic) bond motifs is 1. The van der Waals surface area contributed by atoms with E-state index in [1.165, 1.54) is 34.8 Å². The molecule has 0 saturated heterocycles. The number of aryl methyl sites for hydroxylation is 2. The summed E-state index contributed by atoms with van der Waals surface area (Å²) in [6.07, 6.45) is 4.92. The van der Waals surface area contributed by atoms with Crippen molar-refractivity contribution in [2.24, 2.45) is 5.92 Å². The van der Waals surface area contributed by atoms with E-state index in [2.05, 4.69) is 26.1 Å². The number of thiazole rings is 1. The standard InChI is InChI=1S/C15H26N2OS/c1-10(2)15(4,18)9-16-11(3)14-17-12-7-5-6-8-13(12)19-14/h10-11,16,18H,5-9H2,1-4H3. The van der Waals surface area contributed by atoms with Crippen molar-refractivity contribution in [2.45, 2.75) is 65.0 Å². The largest absolute Gasteiger partial charge is 0.389 e. The van der Waals surface area contributed by atoms with Gasteiger partial charge in [-0.05, 0) is 45.4 Å². The highest BCUT2D eigenvalue weighted by molar-refractivity contribution is 7.11. The Bertz CT molecular complexity index is 402. The van der Waals surface area contributed by atoms with Crippen molar-refractivity contribution in [3.63, 3.8) is 0 Å². The van der Waals surface area contributed by atoms with E-state index in [1.54, 1.807) is 0 Å². The van der Waals surface area contributed by atoms with Gasteiger partial charge in [0, 0.05) is 11.4 Å². The zero-order valence-electron chi connectivity index (χ0n) is 12.5. The highest BCUT2D eigenvalue weighted by atomic mass is 32.1. The molecule has 1 aromatic rings. The molecule has 1 aliphatic carbocycles. The molecule has 4 heteroatoms. The molecule has 3 nitrogen and oxygen atoms in total. The molecule has 108 valence electrons. The van der Waals surface area contributed by atoms with Gasteiger partial charge in [-0.2, -0.15) is 0 Å². The number of rotatable bonds is 5. The summed E-state index contributed by atoms with van der Waals surface area (Å²) in [6, 6.07) is 0.223. The Morgan fingerprint density at radius 1 is 1.32 bits per heavy atom. The van der Waals surface area contributed by atoms with Crippen LogP contribution in [0.5, 0.6) is 0 Å². The van der Waals surface area contributed by atoms with Crippen LogP contribution >= 0.6 is 11.3 Å². The average molecular weight is 282 g/mol. The first-order valence-electron chi connectivity index (χ1n) is 7.34. The predicted molar refractivity (Wildman–Crippen MR) is 80.6 cm³/mol. The maximum absolute atomic E-state index is 10.3. The zero-order valence-corrected chi connectivity index (χ0v) is 13.3. The summed E-state index contributed by atoms with van der Waals surface area (Å²) in [5.74, 6) is 0.247. The van der Waals surface area contributed by atoms with E-state index >= 15 is 0 Å². The maximum atomic E-state index is 10.3. The monoisotopic (exact) mass is 282 g/mol. The Kier molecular flexibility index (Phi) is 4.64. The number of hydrogen-bond donors (Lipinski definition) is 2. The molecule has 19 heavy (non-hydrogen) atoms. The number of hydrogen-bond acceptors (Lipinski definition) is 4. The summed E-state index contributed by atoms with van der Waals surface area (Å²) in [5, 5.41) is 14.9. The van der Waals surface area contributed by atoms with E-state index in [1.807, 2.05) is 18.3 Å². The second-order valence-corrected chi connectivity index (χ2v) is 7.36. The van der Waals surface area contributed by atoms with Crippen molar-refractivity contribution in [2.75, 3.05) is 6.54 Å². The van der Waals surface area contributed by atoms with Crippen LogP contribution in [0.25, 0.3) is 0 Å². The molecule has 0 saturated carbocycles. The number of aromatic nitrogens is 1. The second-order valence-electron chi connectivity index (χ2n) is 6.24. The molecule has 0 amide bonds. The van der Waals surface area contributed by atoms with Crippen LogP contribution in [-0.2, 0) is 12.8 Å². The third kappa shape index (κ3) is 3.56. The summed E-state index contributed by atoms with van der Waals surface area (Å²) in [7, 11) is 0. The van der Waals surface area contributed by atoms with Crippen LogP contribution in [0.2, 0.25) is 0 Å². The van der Waals surface area contributed by atoms with Crippen molar-refractivity contribution in [3.8, 4) is 0 Å². The minimum absolute atomic E-state index is 0.223. The van der Waals surface area contributed by atoms with Gasteiger partial charge in [0.2, 0.25) is 0 Å². The SMILES string of the molecule is CC(NCC(C)(O)C(C)C)c1nc2c(s1)CCCC2. The molecular weight excluding hydrogens is 256 g/mol. The predicted octanol–water partition coefficient (Wildman–Crippen LogP) is 3.08. The third-order valence-corrected chi connectivity index (χ3v) is 5.58. The minimum atomic E-state index is -0.662. The Balaban J connectivity index is 1.96. The maximum Gasteiger partial charge on any atom is 0.110 e. The normalized spacial score (nSPS) is 20.1. The molecule has 2 unspecified atom stereocenters. The first-order valence-corrected chi connectivity index (χ1v) is 8.16. The number of aliphatic hydroxyl groups is 1. The molecule has 0 bridgehead atoms. The lowest BCUT2D eigenvalue weighted by molar-refractivity contribution is 0.0122. The Morgan fingerprint density at radius 2 is 2.00 bits per heavy atom. The first-order chi connectivity index (χ1) is 8.90. The lowest BCUT2D eigenvalue weighted by Gasteiger charge is -2.29. The van der Waals surface area contributed by atoms with Crippen molar-refractivity contribution < 1.29 is 5.11 Å². The minimum Gasteiger partial charge on any atom is -0.389 e. The van der Waals surface area contributed by atoms with Crippen LogP contribution < -0.4 is 5.32 Å². The van der Waals surface area contributed by atoms with E-state index in [-0.39, 0.29) is 12.0 Å². The second kappa shape index (κ2) is 5.90. The number of nitrogens with one attached hydrogen (secondary N) is 1. The Hall–Kier alpha value is -0.450. The fourth-order valence-corrected chi connectivity index (χ4v) is 3.39. The van der Waals surface area contributed by atoms with Crippen LogP contribution in [0, 0.1) is 5.92 Å². The van der Waals surface area contributed by atoms with Crippen LogP contribution in [0.4, 0.5) is 0 Å². The van der Waals surface area contributed by atoms with Gasteiger partial charge in [0.25, 0.3) is 0 Å². The van der Waals surface area contributed by atoms with Crippen molar-refractivity contribution in [3.05, 3.63) is 15.6 Å². The Labute approximate surface area is 120 Å². The molecular formula is C15H26N2OS. The van der Waals surface area contributed by atoms with E-state index < -0.39 is 5.60 Å². The smallest absolute Gasteiger partial charge is 0.110 e. The zero-order chi connectivity index (χ0) is 14.0. The fraction of sp³-hybridized carbons (Fsp3) is 0.800. The van der Waals surface area contributed by atoms with Gasteiger partial charge in [-0.1, -0.05) is 13.8 Å². The van der Waals surface area contributed by atoms with E-state index in [9.17, 15) is 5.11 Å². The summed E-state index contributed by atoms with van der Waals surface area (Å²) in [5.41, 5.74) is 0.654. The van der Waals surface area contributed by atoms with Gasteiger partial charge in [-0.15, -0.1) is 11.3 Å². The molecule has 2 N–H and O–H groups in total. The lowest BCUT2D eigenvalue weighted by atomic mass is 9.92. The van der Waals surface area contributed by atoms with Gasteiger partial charge in [0.15, 0.2) is 0 Å². The molecule has 0 radical (unpaired) electrons. The Morgan fingerprint density at radius 3 is 2.63 bits per heavy atom. The van der Waals surface area contributed by atoms with Gasteiger partial charge >= 0.3 is 0 Å². The van der Waals surface area contributed by atoms with Crippen LogP contribution in [-0.4, -0.2) is 22.2 Å². The van der Waals surface area contributed by atoms with E-state index in [4.69, 9.17) is 4.98 Å². The molecule has 1 aliphatic rings.